The van der Waals surface area contributed by atoms with Crippen molar-refractivity contribution in [3.63, 3.8) is 0 Å². The molecule has 1 amide bonds. The first-order valence-electron chi connectivity index (χ1n) is 9.41. The van der Waals surface area contributed by atoms with Gasteiger partial charge in [-0.15, -0.1) is 0 Å². The topological polar surface area (TPSA) is 82.6 Å². The van der Waals surface area contributed by atoms with Crippen molar-refractivity contribution in [1.82, 2.24) is 9.29 Å². The van der Waals surface area contributed by atoms with E-state index in [1.807, 2.05) is 19.9 Å². The van der Waals surface area contributed by atoms with Crippen molar-refractivity contribution in [2.45, 2.75) is 38.6 Å². The lowest BCUT2D eigenvalue weighted by molar-refractivity contribution is 0.102. The van der Waals surface area contributed by atoms with Crippen LogP contribution in [0.5, 0.6) is 0 Å². The third kappa shape index (κ3) is 5.26. The summed E-state index contributed by atoms with van der Waals surface area (Å²) in [5.41, 5.74) is 0.576. The summed E-state index contributed by atoms with van der Waals surface area (Å²) in [6.45, 7) is 9.29. The van der Waals surface area contributed by atoms with Crippen LogP contribution in [-0.4, -0.2) is 49.8 Å². The Morgan fingerprint density at radius 3 is 2.34 bits per heavy atom. The molecule has 0 unspecified atom stereocenters. The highest BCUT2D eigenvalue weighted by molar-refractivity contribution is 7.89. The van der Waals surface area contributed by atoms with Gasteiger partial charge in [0.15, 0.2) is 0 Å². The van der Waals surface area contributed by atoms with Crippen LogP contribution in [0.3, 0.4) is 0 Å². The van der Waals surface area contributed by atoms with Gasteiger partial charge in [0.2, 0.25) is 10.0 Å². The van der Waals surface area contributed by atoms with Gasteiger partial charge in [0, 0.05) is 26.2 Å². The maximum absolute atomic E-state index is 12.7. The van der Waals surface area contributed by atoms with Gasteiger partial charge >= 0.3 is 0 Å². The number of amides is 1. The molecule has 1 N–H and O–H groups in total. The summed E-state index contributed by atoms with van der Waals surface area (Å²) in [5, 5.41) is 2.89. The average molecular weight is 439 g/mol. The molecule has 9 heteroatoms. The highest BCUT2D eigenvalue weighted by Crippen LogP contribution is 2.24. The molecule has 0 aliphatic carbocycles. The van der Waals surface area contributed by atoms with Crippen LogP contribution in [0.2, 0.25) is 5.02 Å². The smallest absolute Gasteiger partial charge is 0.257 e. The molecule has 0 fully saturated rings. The second kappa shape index (κ2) is 9.56. The van der Waals surface area contributed by atoms with Gasteiger partial charge in [-0.2, -0.15) is 4.31 Å². The molecule has 0 aliphatic rings. The van der Waals surface area contributed by atoms with Gasteiger partial charge in [0.25, 0.3) is 5.91 Å². The molecule has 0 saturated heterocycles. The lowest BCUT2D eigenvalue weighted by Crippen LogP contribution is -2.33. The fourth-order valence-electron chi connectivity index (χ4n) is 2.68. The zero-order valence-electron chi connectivity index (χ0n) is 17.3. The first-order valence-corrected chi connectivity index (χ1v) is 11.2. The number of halogens is 1. The molecule has 0 bridgehead atoms. The molecule has 0 saturated carbocycles. The average Bonchev–Trinajstić information content (AvgIpc) is 2.69. The Hall–Kier alpha value is -2.16. The number of nitrogens with zero attached hydrogens (tertiary/aromatic N) is 3. The van der Waals surface area contributed by atoms with E-state index in [9.17, 15) is 13.2 Å². The van der Waals surface area contributed by atoms with Gasteiger partial charge in [0.1, 0.15) is 5.82 Å². The third-order valence-corrected chi connectivity index (χ3v) is 7.04. The summed E-state index contributed by atoms with van der Waals surface area (Å²) in [4.78, 5) is 19.2. The molecule has 0 atom stereocenters. The van der Waals surface area contributed by atoms with Crippen LogP contribution in [0.1, 0.15) is 38.1 Å². The Balaban J connectivity index is 2.27. The first kappa shape index (κ1) is 23.1. The summed E-state index contributed by atoms with van der Waals surface area (Å²) in [7, 11) is -2.23. The maximum atomic E-state index is 12.7. The number of aromatic nitrogens is 1. The van der Waals surface area contributed by atoms with Crippen molar-refractivity contribution in [1.29, 1.82) is 0 Å². The van der Waals surface area contributed by atoms with Crippen molar-refractivity contribution < 1.29 is 13.2 Å². The highest BCUT2D eigenvalue weighted by atomic mass is 35.5. The van der Waals surface area contributed by atoms with E-state index in [4.69, 9.17) is 11.6 Å². The van der Waals surface area contributed by atoms with Crippen LogP contribution in [-0.2, 0) is 10.0 Å². The predicted octanol–water partition coefficient (Wildman–Crippen LogP) is 3.86. The van der Waals surface area contributed by atoms with Crippen molar-refractivity contribution in [2.75, 3.05) is 30.4 Å². The third-order valence-electron chi connectivity index (χ3n) is 4.68. The van der Waals surface area contributed by atoms with Crippen molar-refractivity contribution in [2.24, 2.45) is 0 Å². The lowest BCUT2D eigenvalue weighted by atomic mass is 10.2. The van der Waals surface area contributed by atoms with Crippen LogP contribution in [0.25, 0.3) is 0 Å². The van der Waals surface area contributed by atoms with Crippen molar-refractivity contribution >= 4 is 39.0 Å². The highest BCUT2D eigenvalue weighted by Gasteiger charge is 2.25. The van der Waals surface area contributed by atoms with E-state index >= 15 is 0 Å². The van der Waals surface area contributed by atoms with Gasteiger partial charge in [-0.1, -0.05) is 11.6 Å². The van der Waals surface area contributed by atoms with Crippen LogP contribution in [0.4, 0.5) is 11.5 Å². The minimum absolute atomic E-state index is 0.0123. The molecule has 0 spiro atoms. The monoisotopic (exact) mass is 438 g/mol. The number of rotatable bonds is 8. The van der Waals surface area contributed by atoms with Gasteiger partial charge < -0.3 is 10.2 Å². The molecule has 1 aromatic heterocycles. The van der Waals surface area contributed by atoms with E-state index < -0.39 is 15.9 Å². The molecule has 7 nitrogen and oxygen atoms in total. The number of pyridine rings is 1. The summed E-state index contributed by atoms with van der Waals surface area (Å²) in [6, 6.07) is 7.46. The Bertz CT molecular complexity index is 958. The number of carbonyl (C=O) groups excluding carboxylic acids is 1. The number of carbonyl (C=O) groups is 1. The van der Waals surface area contributed by atoms with E-state index in [2.05, 4.69) is 15.2 Å². The molecular weight excluding hydrogens is 412 g/mol. The fraction of sp³-hybridized carbons (Fsp3) is 0.400. The number of hydrogen-bond acceptors (Lipinski definition) is 5. The number of nitrogens with one attached hydrogen (secondary N) is 1. The predicted molar refractivity (Wildman–Crippen MR) is 117 cm³/mol. The summed E-state index contributed by atoms with van der Waals surface area (Å²) >= 11 is 6.16. The van der Waals surface area contributed by atoms with Gasteiger partial charge in [-0.3, -0.25) is 4.79 Å². The van der Waals surface area contributed by atoms with Gasteiger partial charge in [0.05, 0.1) is 27.4 Å². The summed E-state index contributed by atoms with van der Waals surface area (Å²) in [5.74, 6) is 0.312. The van der Waals surface area contributed by atoms with Crippen molar-refractivity contribution in [3.8, 4) is 0 Å². The van der Waals surface area contributed by atoms with Crippen LogP contribution < -0.4 is 10.2 Å². The fourth-order valence-corrected chi connectivity index (χ4v) is 4.27. The van der Waals surface area contributed by atoms with E-state index in [-0.39, 0.29) is 21.5 Å². The van der Waals surface area contributed by atoms with Gasteiger partial charge in [-0.05, 0) is 58.0 Å². The number of hydrogen-bond donors (Lipinski definition) is 1. The molecule has 2 aromatic rings. The summed E-state index contributed by atoms with van der Waals surface area (Å²) in [6.07, 6.45) is 1.56. The molecule has 1 heterocycles. The molecular formula is C20H27ClN4O3S. The maximum Gasteiger partial charge on any atom is 0.257 e. The molecule has 1 aromatic carbocycles. The number of benzene rings is 1. The van der Waals surface area contributed by atoms with E-state index in [0.29, 0.717) is 5.69 Å². The molecule has 29 heavy (non-hydrogen) atoms. The number of anilines is 2. The van der Waals surface area contributed by atoms with Crippen molar-refractivity contribution in [3.05, 3.63) is 47.1 Å². The second-order valence-electron chi connectivity index (χ2n) is 6.79. The molecule has 0 radical (unpaired) electrons. The van der Waals surface area contributed by atoms with Crippen LogP contribution in [0.15, 0.2) is 41.4 Å². The second-order valence-corrected chi connectivity index (χ2v) is 9.19. The minimum Gasteiger partial charge on any atom is -0.357 e. The molecule has 2 rings (SSSR count). The standard InChI is InChI=1S/C20H27ClN4O3S/c1-6-25(7-2)19-11-8-15(13-22-19)23-20(26)17-12-16(9-10-18(17)21)29(27,28)24(5)14(3)4/h8-14H,6-7H2,1-5H3,(H,23,26). The zero-order chi connectivity index (χ0) is 21.8. The zero-order valence-corrected chi connectivity index (χ0v) is 18.9. The lowest BCUT2D eigenvalue weighted by Gasteiger charge is -2.21. The number of sulfonamides is 1. The normalized spacial score (nSPS) is 11.7. The largest absolute Gasteiger partial charge is 0.357 e. The van der Waals surface area contributed by atoms with E-state index in [1.54, 1.807) is 26.1 Å². The van der Waals surface area contributed by atoms with E-state index in [1.165, 1.54) is 29.6 Å². The quantitative estimate of drug-likeness (QED) is 0.676. The Morgan fingerprint density at radius 2 is 1.83 bits per heavy atom. The Kier molecular flexibility index (Phi) is 7.62. The molecule has 0 aliphatic heterocycles. The van der Waals surface area contributed by atoms with E-state index in [0.717, 1.165) is 18.9 Å². The van der Waals surface area contributed by atoms with Crippen LogP contribution in [0, 0.1) is 0 Å². The Morgan fingerprint density at radius 1 is 1.17 bits per heavy atom. The van der Waals surface area contributed by atoms with Crippen LogP contribution >= 0.6 is 11.6 Å². The molecule has 158 valence electrons. The van der Waals surface area contributed by atoms with Gasteiger partial charge in [-0.25, -0.2) is 13.4 Å². The minimum atomic E-state index is -3.73. The Labute approximate surface area is 177 Å². The summed E-state index contributed by atoms with van der Waals surface area (Å²) < 4.78 is 26.7. The SMILES string of the molecule is CCN(CC)c1ccc(NC(=O)c2cc(S(=O)(=O)N(C)C(C)C)ccc2Cl)cn1. The first-order chi connectivity index (χ1) is 13.6.